The molecule has 2 aliphatic carbocycles. The van der Waals surface area contributed by atoms with Gasteiger partial charge in [-0.25, -0.2) is 0 Å². The van der Waals surface area contributed by atoms with Crippen LogP contribution in [0.25, 0.3) is 39.1 Å². The second-order valence-corrected chi connectivity index (χ2v) is 13.8. The maximum atomic E-state index is 3.47. The first-order chi connectivity index (χ1) is 24.6. The van der Waals surface area contributed by atoms with Crippen LogP contribution in [0.2, 0.25) is 0 Å². The first-order valence-electron chi connectivity index (χ1n) is 17.7. The Morgan fingerprint density at radius 3 is 1.66 bits per heavy atom. The Kier molecular flexibility index (Phi) is 7.21. The van der Waals surface area contributed by atoms with Crippen molar-refractivity contribution < 1.29 is 0 Å². The summed E-state index contributed by atoms with van der Waals surface area (Å²) in [4.78, 5) is 0. The predicted molar refractivity (Wildman–Crippen MR) is 212 cm³/mol. The molecule has 0 aliphatic heterocycles. The highest BCUT2D eigenvalue weighted by molar-refractivity contribution is 5.90. The highest BCUT2D eigenvalue weighted by Gasteiger charge is 2.55. The largest absolute Gasteiger partial charge is 0.388 e. The van der Waals surface area contributed by atoms with Crippen LogP contribution >= 0.6 is 0 Å². The highest BCUT2D eigenvalue weighted by Crippen LogP contribution is 2.65. The Morgan fingerprint density at radius 1 is 0.480 bits per heavy atom. The lowest BCUT2D eigenvalue weighted by Gasteiger charge is -2.48. The molecule has 50 heavy (non-hydrogen) atoms. The van der Waals surface area contributed by atoms with Gasteiger partial charge in [0.15, 0.2) is 0 Å². The number of benzene rings is 7. The molecule has 2 heteroatoms. The Balaban J connectivity index is 1.42. The lowest BCUT2D eigenvalue weighted by atomic mass is 9.54. The molecule has 0 spiro atoms. The van der Waals surface area contributed by atoms with Gasteiger partial charge in [-0.15, -0.1) is 0 Å². The van der Waals surface area contributed by atoms with Crippen LogP contribution in [0, 0.1) is 0 Å². The van der Waals surface area contributed by atoms with E-state index in [1.54, 1.807) is 0 Å². The molecule has 9 rings (SSSR count). The fourth-order valence-corrected chi connectivity index (χ4v) is 9.27. The predicted octanol–water partition coefficient (Wildman–Crippen LogP) is 11.9. The van der Waals surface area contributed by atoms with Gasteiger partial charge in [-0.05, 0) is 104 Å². The molecule has 2 nitrogen and oxygen atoms in total. The summed E-state index contributed by atoms with van der Waals surface area (Å²) in [5.41, 5.74) is 16.4. The molecule has 7 aromatic carbocycles. The van der Waals surface area contributed by atoms with Gasteiger partial charge < -0.3 is 10.6 Å². The van der Waals surface area contributed by atoms with Crippen LogP contribution in [-0.4, -0.2) is 14.1 Å². The molecular weight excluding hydrogens is 605 g/mol. The summed E-state index contributed by atoms with van der Waals surface area (Å²) in [5.74, 6) is 0.0631. The summed E-state index contributed by atoms with van der Waals surface area (Å²) in [5, 5.41) is 9.47. The van der Waals surface area contributed by atoms with Crippen molar-refractivity contribution in [2.24, 2.45) is 0 Å². The zero-order valence-corrected chi connectivity index (χ0v) is 28.7. The molecule has 7 aromatic rings. The topological polar surface area (TPSA) is 24.1 Å². The molecule has 0 amide bonds. The molecule has 2 aliphatic rings. The van der Waals surface area contributed by atoms with E-state index in [0.717, 1.165) is 11.4 Å². The molecule has 0 fully saturated rings. The fraction of sp³-hybridized carbons (Fsp3) is 0.125. The summed E-state index contributed by atoms with van der Waals surface area (Å²) in [6.45, 7) is 2.36. The lowest BCUT2D eigenvalue weighted by Crippen LogP contribution is -2.41. The number of anilines is 2. The monoisotopic (exact) mass is 644 g/mol. The molecule has 2 N–H and O–H groups in total. The van der Waals surface area contributed by atoms with Crippen LogP contribution in [0.4, 0.5) is 11.4 Å². The number of hydrogen-bond acceptors (Lipinski definition) is 2. The SMILES string of the molecule is CNc1ccc2c(c1)C(C(c1ccccc1)(c1ccccc1)C1C(C)=Cc3cccc(-c4ccc5ccccc5c4)c31)c1cc(NC)ccc1-2. The van der Waals surface area contributed by atoms with Gasteiger partial charge in [-0.2, -0.15) is 0 Å². The number of fused-ring (bicyclic) bond motifs is 5. The number of allylic oxidation sites excluding steroid dienone is 1. The smallest absolute Gasteiger partial charge is 0.0418 e. The van der Waals surface area contributed by atoms with Gasteiger partial charge >= 0.3 is 0 Å². The van der Waals surface area contributed by atoms with Crippen molar-refractivity contribution >= 4 is 28.2 Å². The molecule has 0 saturated heterocycles. The van der Waals surface area contributed by atoms with Gasteiger partial charge in [-0.3, -0.25) is 0 Å². The van der Waals surface area contributed by atoms with Crippen molar-refractivity contribution in [1.29, 1.82) is 0 Å². The maximum Gasteiger partial charge on any atom is 0.0418 e. The zero-order valence-electron chi connectivity index (χ0n) is 28.7. The second kappa shape index (κ2) is 11.9. The Labute approximate surface area is 295 Å². The highest BCUT2D eigenvalue weighted by atomic mass is 14.8. The van der Waals surface area contributed by atoms with Crippen LogP contribution in [0.3, 0.4) is 0 Å². The minimum absolute atomic E-state index is 0.0165. The van der Waals surface area contributed by atoms with Crippen LogP contribution in [-0.2, 0) is 5.41 Å². The maximum absolute atomic E-state index is 3.47. The summed E-state index contributed by atoms with van der Waals surface area (Å²) < 4.78 is 0. The van der Waals surface area contributed by atoms with Crippen LogP contribution in [0.15, 0.2) is 163 Å². The van der Waals surface area contributed by atoms with Crippen molar-refractivity contribution in [2.75, 3.05) is 24.7 Å². The van der Waals surface area contributed by atoms with Crippen LogP contribution in [0.1, 0.15) is 52.1 Å². The molecule has 0 bridgehead atoms. The molecule has 0 heterocycles. The molecule has 1 atom stereocenters. The number of rotatable bonds is 7. The molecular formula is C48H40N2. The number of hydrogen-bond donors (Lipinski definition) is 2. The van der Waals surface area contributed by atoms with Gasteiger partial charge in [0.1, 0.15) is 0 Å². The Bertz CT molecular complexity index is 2330. The van der Waals surface area contributed by atoms with E-state index in [2.05, 4.69) is 181 Å². The molecule has 1 unspecified atom stereocenters. The minimum Gasteiger partial charge on any atom is -0.388 e. The van der Waals surface area contributed by atoms with Gasteiger partial charge in [0.2, 0.25) is 0 Å². The molecule has 0 aromatic heterocycles. The van der Waals surface area contributed by atoms with Crippen LogP contribution in [0.5, 0.6) is 0 Å². The summed E-state index contributed by atoms with van der Waals surface area (Å²) in [7, 11) is 4.05. The van der Waals surface area contributed by atoms with Gasteiger partial charge in [-0.1, -0.05) is 139 Å². The Morgan fingerprint density at radius 2 is 1.06 bits per heavy atom. The van der Waals surface area contributed by atoms with E-state index in [0.29, 0.717) is 0 Å². The summed E-state index contributed by atoms with van der Waals surface area (Å²) in [6.07, 6.45) is 2.45. The third-order valence-corrected chi connectivity index (χ3v) is 11.3. The normalized spacial score (nSPS) is 14.9. The average Bonchev–Trinajstić information content (AvgIpc) is 3.69. The second-order valence-electron chi connectivity index (χ2n) is 13.8. The standard InChI is InChI=1S/C48H40N2/c1-31-27-35-15-12-20-40(34-22-21-32-13-10-11-14-33(32)28-34)45(35)46(31)48(36-16-6-4-7-17-36,37-18-8-5-9-19-37)47-43-29-38(49-2)23-25-41(43)42-26-24-39(50-3)30-44(42)47/h4-30,46-47,49-50H,1-3H3. The van der Waals surface area contributed by atoms with Gasteiger partial charge in [0.05, 0.1) is 0 Å². The zero-order chi connectivity index (χ0) is 33.8. The number of nitrogens with one attached hydrogen (secondary N) is 2. The quantitative estimate of drug-likeness (QED) is 0.180. The van der Waals surface area contributed by atoms with Crippen molar-refractivity contribution in [1.82, 2.24) is 0 Å². The van der Waals surface area contributed by atoms with E-state index in [4.69, 9.17) is 0 Å². The van der Waals surface area contributed by atoms with Crippen LogP contribution < -0.4 is 10.6 Å². The van der Waals surface area contributed by atoms with Gasteiger partial charge in [0, 0.05) is 42.7 Å². The first kappa shape index (κ1) is 30.2. The van der Waals surface area contributed by atoms with Gasteiger partial charge in [0.25, 0.3) is 0 Å². The fourth-order valence-electron chi connectivity index (χ4n) is 9.27. The third-order valence-electron chi connectivity index (χ3n) is 11.3. The summed E-state index contributed by atoms with van der Waals surface area (Å²) >= 11 is 0. The third kappa shape index (κ3) is 4.48. The van der Waals surface area contributed by atoms with E-state index in [1.165, 1.54) is 72.0 Å². The van der Waals surface area contributed by atoms with Crippen molar-refractivity contribution in [2.45, 2.75) is 24.2 Å². The molecule has 0 radical (unpaired) electrons. The van der Waals surface area contributed by atoms with E-state index < -0.39 is 5.41 Å². The van der Waals surface area contributed by atoms with E-state index in [9.17, 15) is 0 Å². The molecule has 242 valence electrons. The van der Waals surface area contributed by atoms with E-state index >= 15 is 0 Å². The van der Waals surface area contributed by atoms with E-state index in [1.807, 2.05) is 14.1 Å². The van der Waals surface area contributed by atoms with Crippen molar-refractivity contribution in [3.05, 3.63) is 197 Å². The van der Waals surface area contributed by atoms with Crippen molar-refractivity contribution in [3.8, 4) is 22.3 Å². The first-order valence-corrected chi connectivity index (χ1v) is 17.7. The average molecular weight is 645 g/mol. The Hall–Kier alpha value is -5.86. The minimum atomic E-state index is -0.500. The molecule has 0 saturated carbocycles. The van der Waals surface area contributed by atoms with E-state index in [-0.39, 0.29) is 11.8 Å². The van der Waals surface area contributed by atoms with Crippen molar-refractivity contribution in [3.63, 3.8) is 0 Å². The summed E-state index contributed by atoms with van der Waals surface area (Å²) in [6, 6.07) is 59.2. The lowest BCUT2D eigenvalue weighted by molar-refractivity contribution is 0.406.